The highest BCUT2D eigenvalue weighted by molar-refractivity contribution is 5.95. The second-order valence-electron chi connectivity index (χ2n) is 8.05. The van der Waals surface area contributed by atoms with Gasteiger partial charge in [0.1, 0.15) is 0 Å². The third-order valence-corrected chi connectivity index (χ3v) is 5.29. The summed E-state index contributed by atoms with van der Waals surface area (Å²) in [6.45, 7) is 4.75. The number of alkyl halides is 3. The number of likely N-dealkylation sites (tertiary alicyclic amines) is 1. The van der Waals surface area contributed by atoms with E-state index in [1.807, 2.05) is 13.8 Å². The molecule has 2 aromatic rings. The van der Waals surface area contributed by atoms with Gasteiger partial charge in [0.15, 0.2) is 0 Å². The summed E-state index contributed by atoms with van der Waals surface area (Å²) in [7, 11) is 0. The smallest absolute Gasteiger partial charge is 0.356 e. The molecule has 3 rings (SSSR count). The van der Waals surface area contributed by atoms with Crippen molar-refractivity contribution >= 4 is 11.8 Å². The van der Waals surface area contributed by atoms with Crippen LogP contribution in [0.3, 0.4) is 0 Å². The zero-order valence-electron chi connectivity index (χ0n) is 16.9. The third-order valence-electron chi connectivity index (χ3n) is 5.29. The van der Waals surface area contributed by atoms with Crippen LogP contribution in [0.5, 0.6) is 0 Å². The molecule has 1 heterocycles. The quantitative estimate of drug-likeness (QED) is 0.786. The molecule has 0 saturated carbocycles. The van der Waals surface area contributed by atoms with Crippen molar-refractivity contribution < 1.29 is 22.8 Å². The van der Waals surface area contributed by atoms with Crippen LogP contribution < -0.4 is 5.32 Å². The van der Waals surface area contributed by atoms with Gasteiger partial charge in [-0.25, -0.2) is 0 Å². The van der Waals surface area contributed by atoms with Crippen molar-refractivity contribution in [3.63, 3.8) is 0 Å². The van der Waals surface area contributed by atoms with Crippen LogP contribution >= 0.6 is 0 Å². The van der Waals surface area contributed by atoms with Gasteiger partial charge in [-0.2, -0.15) is 13.2 Å². The van der Waals surface area contributed by atoms with Crippen LogP contribution in [0.4, 0.5) is 13.2 Å². The monoisotopic (exact) mass is 418 g/mol. The van der Waals surface area contributed by atoms with E-state index < -0.39 is 23.6 Å². The molecule has 2 unspecified atom stereocenters. The maximum Gasteiger partial charge on any atom is 0.416 e. The Morgan fingerprint density at radius 2 is 1.77 bits per heavy atom. The minimum Gasteiger partial charge on any atom is -0.356 e. The van der Waals surface area contributed by atoms with Crippen molar-refractivity contribution in [1.29, 1.82) is 0 Å². The molecule has 7 heteroatoms. The minimum atomic E-state index is -4.47. The Morgan fingerprint density at radius 3 is 2.40 bits per heavy atom. The first-order valence-corrected chi connectivity index (χ1v) is 9.96. The number of amides is 2. The lowest BCUT2D eigenvalue weighted by Crippen LogP contribution is -2.37. The molecular formula is C23H25F3N2O2. The predicted molar refractivity (Wildman–Crippen MR) is 108 cm³/mol. The molecule has 2 atom stereocenters. The Morgan fingerprint density at radius 1 is 1.07 bits per heavy atom. The van der Waals surface area contributed by atoms with Crippen molar-refractivity contribution in [2.45, 2.75) is 25.9 Å². The summed E-state index contributed by atoms with van der Waals surface area (Å²) in [4.78, 5) is 27.3. The summed E-state index contributed by atoms with van der Waals surface area (Å²) in [5.41, 5.74) is 0.149. The van der Waals surface area contributed by atoms with E-state index >= 15 is 0 Å². The maximum atomic E-state index is 13.2. The van der Waals surface area contributed by atoms with Crippen LogP contribution in [-0.4, -0.2) is 36.3 Å². The van der Waals surface area contributed by atoms with E-state index in [0.717, 1.165) is 12.1 Å². The number of benzene rings is 2. The largest absolute Gasteiger partial charge is 0.416 e. The first-order chi connectivity index (χ1) is 14.2. The lowest BCUT2D eigenvalue weighted by atomic mass is 9.87. The Hall–Kier alpha value is -2.83. The first kappa shape index (κ1) is 21.9. The van der Waals surface area contributed by atoms with E-state index in [1.54, 1.807) is 41.3 Å². The van der Waals surface area contributed by atoms with Crippen LogP contribution in [0.1, 0.15) is 41.3 Å². The summed E-state index contributed by atoms with van der Waals surface area (Å²) in [5, 5.41) is 2.87. The van der Waals surface area contributed by atoms with Gasteiger partial charge in [0.05, 0.1) is 11.5 Å². The Kier molecular flexibility index (Phi) is 6.48. The van der Waals surface area contributed by atoms with Gasteiger partial charge in [-0.3, -0.25) is 9.59 Å². The molecule has 1 saturated heterocycles. The Balaban J connectivity index is 1.89. The second kappa shape index (κ2) is 8.90. The van der Waals surface area contributed by atoms with Gasteiger partial charge in [0, 0.05) is 31.1 Å². The molecule has 1 aliphatic heterocycles. The molecule has 0 spiro atoms. The number of nitrogens with zero attached hydrogens (tertiary/aromatic N) is 1. The maximum absolute atomic E-state index is 13.2. The van der Waals surface area contributed by atoms with E-state index in [9.17, 15) is 22.8 Å². The van der Waals surface area contributed by atoms with E-state index in [-0.39, 0.29) is 30.8 Å². The molecular weight excluding hydrogens is 393 g/mol. The summed E-state index contributed by atoms with van der Waals surface area (Å²) >= 11 is 0. The average Bonchev–Trinajstić information content (AvgIpc) is 3.17. The molecule has 0 radical (unpaired) electrons. The minimum absolute atomic E-state index is 0.165. The molecule has 1 aliphatic rings. The molecule has 160 valence electrons. The lowest BCUT2D eigenvalue weighted by molar-refractivity contribution is -0.137. The van der Waals surface area contributed by atoms with E-state index in [2.05, 4.69) is 5.32 Å². The van der Waals surface area contributed by atoms with Crippen molar-refractivity contribution in [3.8, 4) is 0 Å². The Bertz CT molecular complexity index is 897. The zero-order chi connectivity index (χ0) is 21.9. The SMILES string of the molecule is CC(C)CNC(=O)C1CN(C(=O)c2ccccc2)CC1c1cccc(C(F)(F)F)c1. The van der Waals surface area contributed by atoms with Crippen LogP contribution in [0.2, 0.25) is 0 Å². The molecule has 4 nitrogen and oxygen atoms in total. The fourth-order valence-corrected chi connectivity index (χ4v) is 3.72. The third kappa shape index (κ3) is 5.01. The Labute approximate surface area is 174 Å². The van der Waals surface area contributed by atoms with Crippen LogP contribution in [0.15, 0.2) is 54.6 Å². The second-order valence-corrected chi connectivity index (χ2v) is 8.05. The first-order valence-electron chi connectivity index (χ1n) is 9.96. The highest BCUT2D eigenvalue weighted by Gasteiger charge is 2.41. The molecule has 0 bridgehead atoms. The van der Waals surface area contributed by atoms with Gasteiger partial charge in [0.25, 0.3) is 5.91 Å². The van der Waals surface area contributed by atoms with E-state index in [1.165, 1.54) is 6.07 Å². The lowest BCUT2D eigenvalue weighted by Gasteiger charge is -2.20. The highest BCUT2D eigenvalue weighted by atomic mass is 19.4. The topological polar surface area (TPSA) is 49.4 Å². The van der Waals surface area contributed by atoms with Crippen molar-refractivity contribution in [2.75, 3.05) is 19.6 Å². The number of carbonyl (C=O) groups excluding carboxylic acids is 2. The van der Waals surface area contributed by atoms with Gasteiger partial charge in [-0.05, 0) is 29.7 Å². The van der Waals surface area contributed by atoms with Gasteiger partial charge in [0.2, 0.25) is 5.91 Å². The fourth-order valence-electron chi connectivity index (χ4n) is 3.72. The predicted octanol–water partition coefficient (Wildman–Crippen LogP) is 4.33. The molecule has 0 aromatic heterocycles. The summed E-state index contributed by atoms with van der Waals surface area (Å²) in [6.07, 6.45) is -4.47. The normalized spacial score (nSPS) is 19.2. The summed E-state index contributed by atoms with van der Waals surface area (Å²) in [5.74, 6) is -1.35. The summed E-state index contributed by atoms with van der Waals surface area (Å²) < 4.78 is 39.6. The van der Waals surface area contributed by atoms with Crippen molar-refractivity contribution in [1.82, 2.24) is 10.2 Å². The van der Waals surface area contributed by atoms with Gasteiger partial charge in [-0.1, -0.05) is 50.2 Å². The number of hydrogen-bond acceptors (Lipinski definition) is 2. The molecule has 30 heavy (non-hydrogen) atoms. The van der Waals surface area contributed by atoms with Gasteiger partial charge in [-0.15, -0.1) is 0 Å². The fraction of sp³-hybridized carbons (Fsp3) is 0.391. The van der Waals surface area contributed by atoms with Gasteiger partial charge < -0.3 is 10.2 Å². The highest BCUT2D eigenvalue weighted by Crippen LogP contribution is 2.37. The summed E-state index contributed by atoms with van der Waals surface area (Å²) in [6, 6.07) is 13.7. The van der Waals surface area contributed by atoms with Gasteiger partial charge >= 0.3 is 6.18 Å². The molecule has 2 amide bonds. The molecule has 2 aromatic carbocycles. The average molecular weight is 418 g/mol. The zero-order valence-corrected chi connectivity index (χ0v) is 16.9. The molecule has 0 aliphatic carbocycles. The number of rotatable bonds is 5. The molecule has 1 fully saturated rings. The van der Waals surface area contributed by atoms with Crippen molar-refractivity contribution in [2.24, 2.45) is 11.8 Å². The van der Waals surface area contributed by atoms with Crippen LogP contribution in [0.25, 0.3) is 0 Å². The van der Waals surface area contributed by atoms with E-state index in [4.69, 9.17) is 0 Å². The number of nitrogens with one attached hydrogen (secondary N) is 1. The van der Waals surface area contributed by atoms with Crippen molar-refractivity contribution in [3.05, 3.63) is 71.3 Å². The number of hydrogen-bond donors (Lipinski definition) is 1. The standard InChI is InChI=1S/C23H25F3N2O2/c1-15(2)12-27-21(29)20-14-28(22(30)16-7-4-3-5-8-16)13-19(20)17-9-6-10-18(11-17)23(24,25)26/h3-11,15,19-20H,12-14H2,1-2H3,(H,27,29). The van der Waals surface area contributed by atoms with Crippen LogP contribution in [0, 0.1) is 11.8 Å². The number of halogens is 3. The van der Waals surface area contributed by atoms with E-state index in [0.29, 0.717) is 17.7 Å². The molecule has 1 N–H and O–H groups in total. The van der Waals surface area contributed by atoms with Crippen LogP contribution in [-0.2, 0) is 11.0 Å². The number of carbonyl (C=O) groups is 2.